The number of phenolic OH excluding ortho intramolecular Hbond substituents is 1. The molecule has 0 saturated heterocycles. The zero-order valence-corrected chi connectivity index (χ0v) is 16.5. The molecule has 0 unspecified atom stereocenters. The van der Waals surface area contributed by atoms with Gasteiger partial charge in [-0.2, -0.15) is 0 Å². The number of hydrogen-bond donors (Lipinski definition) is 2. The van der Waals surface area contributed by atoms with E-state index >= 15 is 0 Å². The molecule has 3 radical (unpaired) electrons. The van der Waals surface area contributed by atoms with Crippen molar-refractivity contribution in [3.05, 3.63) is 23.3 Å². The van der Waals surface area contributed by atoms with Crippen LogP contribution in [0, 0.1) is 17.3 Å². The van der Waals surface area contributed by atoms with Crippen molar-refractivity contribution in [2.75, 3.05) is 0 Å². The molecule has 0 bridgehead atoms. The average molecular weight is 479 g/mol. The van der Waals surface area contributed by atoms with E-state index in [1.807, 2.05) is 12.1 Å². The monoisotopic (exact) mass is 479 g/mol. The number of phenols is 1. The topological polar surface area (TPSA) is 40.5 Å². The van der Waals surface area contributed by atoms with E-state index in [0.29, 0.717) is 17.6 Å². The van der Waals surface area contributed by atoms with E-state index in [9.17, 15) is 10.2 Å². The molecule has 1 aromatic rings. The van der Waals surface area contributed by atoms with Crippen molar-refractivity contribution in [2.45, 2.75) is 57.5 Å². The van der Waals surface area contributed by atoms with Crippen LogP contribution in [0.5, 0.6) is 5.75 Å². The summed E-state index contributed by atoms with van der Waals surface area (Å²) in [5, 5.41) is 20.3. The molecule has 21 heavy (non-hydrogen) atoms. The zero-order valence-electron chi connectivity index (χ0n) is 12.6. The van der Waals surface area contributed by atoms with Gasteiger partial charge in [0.1, 0.15) is 0 Å². The van der Waals surface area contributed by atoms with Gasteiger partial charge in [-0.25, -0.2) is 0 Å². The van der Waals surface area contributed by atoms with Crippen molar-refractivity contribution < 1.29 is 10.2 Å². The Morgan fingerprint density at radius 2 is 2.00 bits per heavy atom. The van der Waals surface area contributed by atoms with Gasteiger partial charge in [0.15, 0.2) is 0 Å². The fourth-order valence-electron chi connectivity index (χ4n) is 5.68. The molecular weight excluding hydrogens is 455 g/mol. The molecule has 111 valence electrons. The molecule has 3 aliphatic carbocycles. The Balaban J connectivity index is 1.75. The first-order valence-electron chi connectivity index (χ1n) is 8.26. The molecule has 2 fully saturated rings. The molecule has 2 N–H and O–H groups in total. The number of aryl methyl sites for hydroxylation is 1. The van der Waals surface area contributed by atoms with Gasteiger partial charge >= 0.3 is 143 Å². The second-order valence-electron chi connectivity index (χ2n) is 7.62. The molecule has 0 aromatic heterocycles. The Morgan fingerprint density at radius 1 is 1.19 bits per heavy atom. The summed E-state index contributed by atoms with van der Waals surface area (Å²) in [4.78, 5) is 0. The maximum absolute atomic E-state index is 10.4. The van der Waals surface area contributed by atoms with Crippen LogP contribution >= 0.6 is 0 Å². The molecule has 0 amide bonds. The summed E-state index contributed by atoms with van der Waals surface area (Å²) in [5.74, 6) is 2.60. The molecule has 2 saturated carbocycles. The zero-order chi connectivity index (χ0) is 14.8. The molecule has 0 aliphatic heterocycles. The van der Waals surface area contributed by atoms with E-state index in [-0.39, 0.29) is 11.5 Å². The number of aromatic hydroxyl groups is 1. The van der Waals surface area contributed by atoms with Crippen LogP contribution in [0.4, 0.5) is 0 Å². The molecule has 5 atom stereocenters. The van der Waals surface area contributed by atoms with Crippen molar-refractivity contribution in [1.82, 2.24) is 0 Å². The van der Waals surface area contributed by atoms with Crippen LogP contribution in [0.1, 0.15) is 56.1 Å². The van der Waals surface area contributed by atoms with Gasteiger partial charge in [0.05, 0.1) is 0 Å². The third-order valence-corrected chi connectivity index (χ3v) is 8.36. The Labute approximate surface area is 142 Å². The Bertz CT molecular complexity index is 585. The summed E-state index contributed by atoms with van der Waals surface area (Å²) in [7, 11) is 0. The van der Waals surface area contributed by atoms with Gasteiger partial charge in [-0.1, -0.05) is 0 Å². The predicted molar refractivity (Wildman–Crippen MR) is 84.1 cm³/mol. The maximum atomic E-state index is 10.4. The van der Waals surface area contributed by atoms with Crippen molar-refractivity contribution >= 4 is 28.9 Å². The number of fused-ring (bicyclic) bond motifs is 5. The van der Waals surface area contributed by atoms with Gasteiger partial charge in [-0.15, -0.1) is 0 Å². The summed E-state index contributed by atoms with van der Waals surface area (Å²) >= 11 is 1.02. The van der Waals surface area contributed by atoms with Crippen LogP contribution < -0.4 is 3.12 Å². The van der Waals surface area contributed by atoms with Crippen LogP contribution in [0.15, 0.2) is 12.1 Å². The third-order valence-electron chi connectivity index (χ3n) is 6.76. The summed E-state index contributed by atoms with van der Waals surface area (Å²) in [5.41, 5.74) is 3.16. The second kappa shape index (κ2) is 4.95. The number of aliphatic hydroxyl groups excluding tert-OH is 1. The Hall–Kier alpha value is -0.0979. The van der Waals surface area contributed by atoms with Gasteiger partial charge in [-0.05, 0) is 0 Å². The van der Waals surface area contributed by atoms with Gasteiger partial charge in [-0.3, -0.25) is 0 Å². The van der Waals surface area contributed by atoms with E-state index in [2.05, 4.69) is 6.92 Å². The number of aliphatic hydroxyl groups is 1. The van der Waals surface area contributed by atoms with Crippen LogP contribution in [0.25, 0.3) is 0 Å². The molecule has 2 nitrogen and oxygen atoms in total. The van der Waals surface area contributed by atoms with Gasteiger partial charge in [0.2, 0.25) is 0 Å². The third kappa shape index (κ3) is 2.04. The standard InChI is InChI=1S/C18H23O2.Pb/c1-18-9-8-14-13-5-3-12(19)10-11(13)2-4-15(14)16(18)6-7-17(18)20;/h3,10,14-17,19-20H,2,4,6-9H2,1H3;/t14-,15-,16+,17-,18+;/m1./s1. The minimum absolute atomic E-state index is 0.0832. The Morgan fingerprint density at radius 3 is 2.81 bits per heavy atom. The quantitative estimate of drug-likeness (QED) is 0.563. The summed E-state index contributed by atoms with van der Waals surface area (Å²) in [6.45, 7) is 2.33. The summed E-state index contributed by atoms with van der Waals surface area (Å²) in [6, 6.07) is 4.00. The van der Waals surface area contributed by atoms with Crippen molar-refractivity contribution in [2.24, 2.45) is 17.3 Å². The van der Waals surface area contributed by atoms with E-state index in [1.165, 1.54) is 34.4 Å². The summed E-state index contributed by atoms with van der Waals surface area (Å²) < 4.78 is 1.40. The van der Waals surface area contributed by atoms with Crippen molar-refractivity contribution in [3.63, 3.8) is 0 Å². The van der Waals surface area contributed by atoms with E-state index < -0.39 is 0 Å². The van der Waals surface area contributed by atoms with E-state index in [1.54, 1.807) is 5.56 Å². The summed E-state index contributed by atoms with van der Waals surface area (Å²) in [6.07, 6.45) is 6.88. The minimum atomic E-state index is -0.0832. The molecule has 3 aliphatic rings. The fraction of sp³-hybridized carbons (Fsp3) is 0.667. The van der Waals surface area contributed by atoms with Crippen LogP contribution in [0.2, 0.25) is 0 Å². The van der Waals surface area contributed by atoms with E-state index in [0.717, 1.165) is 44.5 Å². The molecule has 0 spiro atoms. The number of benzene rings is 1. The molecule has 3 heteroatoms. The van der Waals surface area contributed by atoms with Crippen LogP contribution in [0.3, 0.4) is 0 Å². The van der Waals surface area contributed by atoms with Gasteiger partial charge in [0.25, 0.3) is 0 Å². The molecule has 0 heterocycles. The fourth-order valence-corrected chi connectivity index (χ4v) is 7.60. The first-order valence-corrected chi connectivity index (χ1v) is 10.2. The molecule has 4 rings (SSSR count). The van der Waals surface area contributed by atoms with Gasteiger partial charge < -0.3 is 0 Å². The number of rotatable bonds is 0. The first kappa shape index (κ1) is 14.5. The number of hydrogen-bond acceptors (Lipinski definition) is 2. The van der Waals surface area contributed by atoms with Crippen molar-refractivity contribution in [1.29, 1.82) is 0 Å². The SMILES string of the molecule is C[C@]12CC[C@@H]3c4[c]([Pb])cc(O)cc4CC[C@H]3[C@@H]1CC[C@H]2O. The van der Waals surface area contributed by atoms with Gasteiger partial charge in [0, 0.05) is 0 Å². The first-order chi connectivity index (χ1) is 10.0. The second-order valence-corrected chi connectivity index (χ2v) is 9.71. The predicted octanol–water partition coefficient (Wildman–Crippen LogP) is 2.40. The average Bonchev–Trinajstić information content (AvgIpc) is 2.74. The normalized spacial score (nSPS) is 41.3. The molecular formula is C18H23O2Pb. The van der Waals surface area contributed by atoms with Crippen LogP contribution in [-0.4, -0.2) is 42.1 Å². The molecule has 1 aromatic carbocycles. The van der Waals surface area contributed by atoms with E-state index in [4.69, 9.17) is 0 Å². The Kier molecular flexibility index (Phi) is 3.42. The van der Waals surface area contributed by atoms with Crippen LogP contribution in [-0.2, 0) is 6.42 Å². The van der Waals surface area contributed by atoms with Crippen molar-refractivity contribution in [3.8, 4) is 5.75 Å².